The van der Waals surface area contributed by atoms with Crippen LogP contribution in [0.4, 0.5) is 0 Å². The molecular weight excluding hydrogens is 452 g/mol. The summed E-state index contributed by atoms with van der Waals surface area (Å²) < 4.78 is 83.9. The van der Waals surface area contributed by atoms with Gasteiger partial charge in [-0.1, -0.05) is 19.7 Å². The third-order valence-corrected chi connectivity index (χ3v) is 1.84. The van der Waals surface area contributed by atoms with E-state index in [2.05, 4.69) is 19.7 Å². The maximum atomic E-state index is 9.33. The van der Waals surface area contributed by atoms with Gasteiger partial charge in [-0.2, -0.15) is 0 Å². The molecule has 0 aromatic rings. The maximum Gasteiger partial charge on any atom is 3.00 e. The van der Waals surface area contributed by atoms with E-state index in [-0.39, 0.29) is 41.7 Å². The van der Waals surface area contributed by atoms with Crippen molar-refractivity contribution >= 4 is 30.4 Å². The van der Waals surface area contributed by atoms with Crippen molar-refractivity contribution in [1.82, 2.24) is 0 Å². The van der Waals surface area contributed by atoms with Crippen LogP contribution in [0.25, 0.3) is 0 Å². The molecule has 0 bridgehead atoms. The van der Waals surface area contributed by atoms with Gasteiger partial charge < -0.3 is 13.7 Å². The Labute approximate surface area is 145 Å². The predicted molar refractivity (Wildman–Crippen MR) is 59.7 cm³/mol. The van der Waals surface area contributed by atoms with Crippen LogP contribution in [0, 0.1) is 41.7 Å². The van der Waals surface area contributed by atoms with E-state index in [1.807, 2.05) is 0 Å². The fourth-order valence-electron chi connectivity index (χ4n) is 0. The number of hydrogen-bond donors (Lipinski definition) is 0. The second-order valence-electron chi connectivity index (χ2n) is 1.98. The van der Waals surface area contributed by atoms with E-state index in [1.165, 1.54) is 0 Å². The summed E-state index contributed by atoms with van der Waals surface area (Å²) in [4.78, 5) is 0. The summed E-state index contributed by atoms with van der Waals surface area (Å²) in [5, 5.41) is 1.06. The molecule has 0 fully saturated rings. The minimum Gasteiger partial charge on any atom is -0.745 e. The summed E-state index contributed by atoms with van der Waals surface area (Å²) >= 11 is 0. The average molecular weight is 461 g/mol. The summed E-state index contributed by atoms with van der Waals surface area (Å²) in [6.07, 6.45) is 0. The van der Waals surface area contributed by atoms with Gasteiger partial charge in [-0.05, 0) is 0 Å². The van der Waals surface area contributed by atoms with Crippen LogP contribution >= 0.6 is 0 Å². The van der Waals surface area contributed by atoms with Crippen molar-refractivity contribution in [2.75, 3.05) is 0 Å². The second kappa shape index (κ2) is 12.1. The van der Waals surface area contributed by atoms with Gasteiger partial charge in [0, 0.05) is 16.2 Å². The molecule has 0 N–H and O–H groups in total. The zero-order valence-corrected chi connectivity index (χ0v) is 14.8. The molecule has 19 heavy (non-hydrogen) atoms. The number of rotatable bonds is 3. The first-order valence-electron chi connectivity index (χ1n) is 3.43. The largest absolute Gasteiger partial charge is 3.00 e. The van der Waals surface area contributed by atoms with Crippen LogP contribution in [0.1, 0.15) is 0 Å². The van der Waals surface area contributed by atoms with Crippen molar-refractivity contribution in [1.29, 1.82) is 0 Å². The smallest absolute Gasteiger partial charge is 0.745 e. The van der Waals surface area contributed by atoms with Crippen LogP contribution in [-0.2, 0) is 30.4 Å². The Morgan fingerprint density at radius 2 is 0.632 bits per heavy atom. The standard InChI is InChI=1S/3C2H4O3S.Ce/c3*1-2-6(3,4)5;/h3*2H,1H2,(H,3,4,5);/q;;;+3/p-3. The van der Waals surface area contributed by atoms with Crippen LogP contribution in [-0.4, -0.2) is 38.9 Å². The minimum atomic E-state index is -4.15. The minimum absolute atomic E-state index is 0. The molecule has 0 aliphatic carbocycles. The zero-order valence-electron chi connectivity index (χ0n) is 9.25. The Bertz CT molecular complexity index is 449. The Hall–Kier alpha value is 0.327. The Kier molecular flexibility index (Phi) is 17.6. The molecule has 13 heteroatoms. The summed E-state index contributed by atoms with van der Waals surface area (Å²) in [6.45, 7) is 8.19. The van der Waals surface area contributed by atoms with Crippen molar-refractivity contribution in [3.05, 3.63) is 36.0 Å². The van der Waals surface area contributed by atoms with Crippen LogP contribution in [0.5, 0.6) is 0 Å². The Morgan fingerprint density at radius 1 is 0.579 bits per heavy atom. The van der Waals surface area contributed by atoms with Crippen LogP contribution in [0.15, 0.2) is 36.0 Å². The van der Waals surface area contributed by atoms with Crippen LogP contribution in [0.2, 0.25) is 0 Å². The monoisotopic (exact) mass is 461 g/mol. The quantitative estimate of drug-likeness (QED) is 0.479. The molecule has 0 unspecified atom stereocenters. The van der Waals surface area contributed by atoms with E-state index in [1.54, 1.807) is 0 Å². The SMILES string of the molecule is C=CS(=O)(=O)[O-].C=CS(=O)(=O)[O-].C=CS(=O)(=O)[O-].[Ce+3]. The number of hydrogen-bond acceptors (Lipinski definition) is 9. The van der Waals surface area contributed by atoms with Gasteiger partial charge in [0.05, 0.1) is 0 Å². The van der Waals surface area contributed by atoms with Gasteiger partial charge in [0.25, 0.3) is 0 Å². The first kappa shape index (κ1) is 27.6. The molecule has 0 saturated heterocycles. The summed E-state index contributed by atoms with van der Waals surface area (Å²) in [5.41, 5.74) is 0. The van der Waals surface area contributed by atoms with E-state index < -0.39 is 30.4 Å². The molecule has 109 valence electrons. The van der Waals surface area contributed by atoms with Crippen molar-refractivity contribution in [2.24, 2.45) is 0 Å². The molecule has 0 aliphatic heterocycles. The summed E-state index contributed by atoms with van der Waals surface area (Å²) in [7, 11) is -12.4. The second-order valence-corrected chi connectivity index (χ2v) is 5.94. The van der Waals surface area contributed by atoms with E-state index in [0.717, 1.165) is 0 Å². The van der Waals surface area contributed by atoms with Gasteiger partial charge in [-0.15, -0.1) is 0 Å². The summed E-state index contributed by atoms with van der Waals surface area (Å²) in [6, 6.07) is 0. The van der Waals surface area contributed by atoms with Gasteiger partial charge in [-0.25, -0.2) is 25.3 Å². The normalized spacial score (nSPS) is 10.3. The molecule has 0 aromatic carbocycles. The van der Waals surface area contributed by atoms with Gasteiger partial charge >= 0.3 is 41.7 Å². The van der Waals surface area contributed by atoms with Gasteiger partial charge in [-0.3, -0.25) is 0 Å². The van der Waals surface area contributed by atoms with Crippen LogP contribution in [0.3, 0.4) is 0 Å². The third kappa shape index (κ3) is 56.2. The molecule has 0 rings (SSSR count). The van der Waals surface area contributed by atoms with Gasteiger partial charge in [0.2, 0.25) is 0 Å². The molecular formula is C6H9CeO9S3. The van der Waals surface area contributed by atoms with E-state index in [0.29, 0.717) is 16.2 Å². The van der Waals surface area contributed by atoms with Crippen LogP contribution < -0.4 is 0 Å². The molecule has 0 spiro atoms. The first-order valence-corrected chi connectivity index (χ1v) is 7.85. The van der Waals surface area contributed by atoms with Gasteiger partial charge in [0.15, 0.2) is 0 Å². The van der Waals surface area contributed by atoms with Crippen molar-refractivity contribution in [3.63, 3.8) is 0 Å². The third-order valence-electron chi connectivity index (χ3n) is 0.612. The Balaban J connectivity index is -0.0000000865. The van der Waals surface area contributed by atoms with Crippen molar-refractivity contribution in [3.8, 4) is 0 Å². The topological polar surface area (TPSA) is 172 Å². The van der Waals surface area contributed by atoms with E-state index in [9.17, 15) is 38.9 Å². The molecule has 0 saturated carbocycles. The maximum absolute atomic E-state index is 9.33. The Morgan fingerprint density at radius 3 is 0.632 bits per heavy atom. The molecule has 0 atom stereocenters. The fourth-order valence-corrected chi connectivity index (χ4v) is 0. The average Bonchev–Trinajstić information content (AvgIpc) is 2.16. The predicted octanol–water partition coefficient (Wildman–Crippen LogP) is -0.975. The molecule has 0 aromatic heterocycles. The van der Waals surface area contributed by atoms with E-state index in [4.69, 9.17) is 0 Å². The first-order chi connectivity index (χ1) is 7.68. The van der Waals surface area contributed by atoms with Crippen molar-refractivity contribution in [2.45, 2.75) is 0 Å². The molecule has 0 aliphatic rings. The molecule has 1 radical (unpaired) electrons. The van der Waals surface area contributed by atoms with E-state index >= 15 is 0 Å². The van der Waals surface area contributed by atoms with Crippen molar-refractivity contribution < 1.29 is 80.7 Å². The fraction of sp³-hybridized carbons (Fsp3) is 0. The van der Waals surface area contributed by atoms with Gasteiger partial charge in [0.1, 0.15) is 30.4 Å². The molecule has 0 amide bonds. The molecule has 0 heterocycles. The molecule has 9 nitrogen and oxygen atoms in total. The zero-order chi connectivity index (χ0) is 15.6. The summed E-state index contributed by atoms with van der Waals surface area (Å²) in [5.74, 6) is 0.